The predicted molar refractivity (Wildman–Crippen MR) is 74.3 cm³/mol. The van der Waals surface area contributed by atoms with Gasteiger partial charge >= 0.3 is 0 Å². The fourth-order valence-corrected chi connectivity index (χ4v) is 1.75. The van der Waals surface area contributed by atoms with Crippen LogP contribution in [0.25, 0.3) is 0 Å². The van der Waals surface area contributed by atoms with Gasteiger partial charge in [0.25, 0.3) is 5.91 Å². The summed E-state index contributed by atoms with van der Waals surface area (Å²) in [7, 11) is 0. The molecule has 1 amide bonds. The maximum absolute atomic E-state index is 11.8. The highest BCUT2D eigenvalue weighted by molar-refractivity contribution is 5.96. The Bertz CT molecular complexity index is 384. The van der Waals surface area contributed by atoms with E-state index in [0.29, 0.717) is 0 Å². The first-order valence-electron chi connectivity index (χ1n) is 5.35. The van der Waals surface area contributed by atoms with Crippen molar-refractivity contribution in [1.82, 2.24) is 20.6 Å². The van der Waals surface area contributed by atoms with Crippen LogP contribution in [0.15, 0.2) is 12.4 Å². The van der Waals surface area contributed by atoms with Gasteiger partial charge in [0, 0.05) is 25.0 Å². The molecule has 1 aromatic rings. The summed E-state index contributed by atoms with van der Waals surface area (Å²) in [6.45, 7) is 1.81. The van der Waals surface area contributed by atoms with Crippen LogP contribution in [0.4, 0.5) is 5.82 Å². The van der Waals surface area contributed by atoms with Crippen molar-refractivity contribution in [3.05, 3.63) is 18.1 Å². The average Bonchev–Trinajstić information content (AvgIpc) is 2.31. The highest BCUT2D eigenvalue weighted by Gasteiger charge is 2.18. The Balaban J connectivity index is 0.00000144. The topological polar surface area (TPSA) is 92.9 Å². The summed E-state index contributed by atoms with van der Waals surface area (Å²) in [4.78, 5) is 19.6. The number of carbonyl (C=O) groups excluding carboxylic acids is 1. The standard InChI is InChI=1S/C10H15N5O.2ClH/c11-9-8(13-4-5-14-9)10(16)15-7-2-1-3-12-6-7;;/h4-5,7,12H,1-3,6H2,(H2,11,14)(H,15,16);2*1H/t7-;;/m0../s1. The molecule has 4 N–H and O–H groups in total. The molecule has 0 radical (unpaired) electrons. The minimum Gasteiger partial charge on any atom is -0.382 e. The minimum atomic E-state index is -0.251. The van der Waals surface area contributed by atoms with E-state index in [1.54, 1.807) is 0 Å². The van der Waals surface area contributed by atoms with Crippen molar-refractivity contribution in [2.24, 2.45) is 0 Å². The minimum absolute atomic E-state index is 0. The van der Waals surface area contributed by atoms with Gasteiger partial charge in [-0.3, -0.25) is 4.79 Å². The maximum atomic E-state index is 11.8. The van der Waals surface area contributed by atoms with E-state index in [-0.39, 0.29) is 48.3 Å². The number of carbonyl (C=O) groups is 1. The number of amides is 1. The second kappa shape index (κ2) is 8.07. The van der Waals surface area contributed by atoms with Crippen LogP contribution in [-0.4, -0.2) is 35.0 Å². The number of rotatable bonds is 2. The van der Waals surface area contributed by atoms with E-state index in [4.69, 9.17) is 5.73 Å². The molecular formula is C10H17Cl2N5O. The smallest absolute Gasteiger partial charge is 0.273 e. The van der Waals surface area contributed by atoms with Crippen LogP contribution in [0.3, 0.4) is 0 Å². The van der Waals surface area contributed by atoms with Gasteiger partial charge in [-0.2, -0.15) is 0 Å². The molecule has 8 heteroatoms. The first-order valence-corrected chi connectivity index (χ1v) is 5.35. The van der Waals surface area contributed by atoms with Gasteiger partial charge in [-0.25, -0.2) is 9.97 Å². The van der Waals surface area contributed by atoms with E-state index < -0.39 is 0 Å². The summed E-state index contributed by atoms with van der Waals surface area (Å²) in [5, 5.41) is 6.12. The normalized spacial score (nSPS) is 18.1. The molecule has 2 heterocycles. The molecule has 0 aromatic carbocycles. The van der Waals surface area contributed by atoms with Crippen LogP contribution < -0.4 is 16.4 Å². The monoisotopic (exact) mass is 293 g/mol. The zero-order chi connectivity index (χ0) is 11.4. The van der Waals surface area contributed by atoms with Gasteiger partial charge in [0.05, 0.1) is 0 Å². The fourth-order valence-electron chi connectivity index (χ4n) is 1.75. The van der Waals surface area contributed by atoms with Crippen LogP contribution >= 0.6 is 24.8 Å². The highest BCUT2D eigenvalue weighted by atomic mass is 35.5. The number of aromatic nitrogens is 2. The van der Waals surface area contributed by atoms with Crippen LogP contribution in [0.5, 0.6) is 0 Å². The molecule has 0 bridgehead atoms. The third kappa shape index (κ3) is 4.29. The van der Waals surface area contributed by atoms with E-state index in [1.165, 1.54) is 12.4 Å². The molecule has 0 saturated carbocycles. The van der Waals surface area contributed by atoms with Crippen molar-refractivity contribution in [2.75, 3.05) is 18.8 Å². The van der Waals surface area contributed by atoms with Crippen LogP contribution in [0, 0.1) is 0 Å². The molecule has 1 aromatic heterocycles. The predicted octanol–water partition coefficient (Wildman–Crippen LogP) is 0.384. The number of halogens is 2. The number of nitrogen functional groups attached to an aromatic ring is 1. The van der Waals surface area contributed by atoms with Gasteiger partial charge in [-0.05, 0) is 19.4 Å². The molecule has 18 heavy (non-hydrogen) atoms. The number of anilines is 1. The van der Waals surface area contributed by atoms with Crippen molar-refractivity contribution in [3.8, 4) is 0 Å². The molecule has 6 nitrogen and oxygen atoms in total. The largest absolute Gasteiger partial charge is 0.382 e. The molecule has 1 aliphatic heterocycles. The average molecular weight is 294 g/mol. The van der Waals surface area contributed by atoms with Crippen molar-refractivity contribution in [1.29, 1.82) is 0 Å². The molecule has 102 valence electrons. The van der Waals surface area contributed by atoms with E-state index in [9.17, 15) is 4.79 Å². The quantitative estimate of drug-likeness (QED) is 0.733. The van der Waals surface area contributed by atoms with Gasteiger partial charge in [0.15, 0.2) is 11.5 Å². The Hall–Kier alpha value is -1.11. The Labute approximate surface area is 118 Å². The Morgan fingerprint density at radius 1 is 1.39 bits per heavy atom. The van der Waals surface area contributed by atoms with E-state index >= 15 is 0 Å². The van der Waals surface area contributed by atoms with Gasteiger partial charge in [-0.15, -0.1) is 24.8 Å². The van der Waals surface area contributed by atoms with E-state index in [1.807, 2.05) is 0 Å². The Morgan fingerprint density at radius 3 is 2.72 bits per heavy atom. The van der Waals surface area contributed by atoms with Crippen molar-refractivity contribution >= 4 is 36.5 Å². The Morgan fingerprint density at radius 2 is 2.11 bits per heavy atom. The summed E-state index contributed by atoms with van der Waals surface area (Å²) >= 11 is 0. The number of piperidine rings is 1. The molecule has 2 rings (SSSR count). The molecule has 0 unspecified atom stereocenters. The summed E-state index contributed by atoms with van der Waals surface area (Å²) in [5.74, 6) is -0.0805. The summed E-state index contributed by atoms with van der Waals surface area (Å²) in [6, 6.07) is 0.155. The molecule has 0 aliphatic carbocycles. The highest BCUT2D eigenvalue weighted by Crippen LogP contribution is 2.06. The zero-order valence-corrected chi connectivity index (χ0v) is 11.4. The van der Waals surface area contributed by atoms with Crippen LogP contribution in [-0.2, 0) is 0 Å². The third-order valence-electron chi connectivity index (χ3n) is 2.57. The van der Waals surface area contributed by atoms with Crippen molar-refractivity contribution in [3.63, 3.8) is 0 Å². The number of nitrogens with two attached hydrogens (primary N) is 1. The lowest BCUT2D eigenvalue weighted by Crippen LogP contribution is -2.45. The van der Waals surface area contributed by atoms with Gasteiger partial charge in [0.1, 0.15) is 0 Å². The lowest BCUT2D eigenvalue weighted by molar-refractivity contribution is 0.0926. The number of nitrogens with zero attached hydrogens (tertiary/aromatic N) is 2. The van der Waals surface area contributed by atoms with Crippen LogP contribution in [0.1, 0.15) is 23.3 Å². The lowest BCUT2D eigenvalue weighted by Gasteiger charge is -2.23. The van der Waals surface area contributed by atoms with E-state index in [2.05, 4.69) is 20.6 Å². The number of hydrogen-bond donors (Lipinski definition) is 3. The second-order valence-corrected chi connectivity index (χ2v) is 3.81. The number of nitrogens with one attached hydrogen (secondary N) is 2. The maximum Gasteiger partial charge on any atom is 0.273 e. The summed E-state index contributed by atoms with van der Waals surface area (Å²) in [5.41, 5.74) is 5.78. The number of hydrogen-bond acceptors (Lipinski definition) is 5. The summed E-state index contributed by atoms with van der Waals surface area (Å²) in [6.07, 6.45) is 4.98. The molecule has 1 aliphatic rings. The third-order valence-corrected chi connectivity index (χ3v) is 2.57. The summed E-state index contributed by atoms with van der Waals surface area (Å²) < 4.78 is 0. The van der Waals surface area contributed by atoms with E-state index in [0.717, 1.165) is 25.9 Å². The van der Waals surface area contributed by atoms with Crippen LogP contribution in [0.2, 0.25) is 0 Å². The Kier molecular flexibility index (Phi) is 7.58. The second-order valence-electron chi connectivity index (χ2n) is 3.81. The molecule has 1 fully saturated rings. The molecule has 0 spiro atoms. The first kappa shape index (κ1) is 16.9. The van der Waals surface area contributed by atoms with Crippen molar-refractivity contribution in [2.45, 2.75) is 18.9 Å². The zero-order valence-electron chi connectivity index (χ0n) is 9.76. The molecule has 1 saturated heterocycles. The fraction of sp³-hybridized carbons (Fsp3) is 0.500. The van der Waals surface area contributed by atoms with Gasteiger partial charge in [0.2, 0.25) is 0 Å². The van der Waals surface area contributed by atoms with Gasteiger partial charge < -0.3 is 16.4 Å². The lowest BCUT2D eigenvalue weighted by atomic mass is 10.1. The molecule has 1 atom stereocenters. The van der Waals surface area contributed by atoms with Gasteiger partial charge in [-0.1, -0.05) is 0 Å². The van der Waals surface area contributed by atoms with Crippen molar-refractivity contribution < 1.29 is 4.79 Å². The first-order chi connectivity index (χ1) is 7.77. The SMILES string of the molecule is Cl.Cl.Nc1nccnc1C(=O)N[C@H]1CCCNC1. The molecular weight excluding hydrogens is 277 g/mol.